The van der Waals surface area contributed by atoms with Crippen molar-refractivity contribution in [1.29, 1.82) is 0 Å². The van der Waals surface area contributed by atoms with Gasteiger partial charge in [-0.1, -0.05) is 0 Å². The molecule has 0 fully saturated rings. The van der Waals surface area contributed by atoms with Crippen molar-refractivity contribution in [3.63, 3.8) is 0 Å². The zero-order chi connectivity index (χ0) is 16.7. The Balaban J connectivity index is 2.34. The van der Waals surface area contributed by atoms with Crippen LogP contribution in [0.4, 0.5) is 17.6 Å². The van der Waals surface area contributed by atoms with Crippen molar-refractivity contribution in [2.45, 2.75) is 19.1 Å². The molecule has 0 aliphatic heterocycles. The number of halogens is 4. The number of alkyl halides is 3. The lowest BCUT2D eigenvalue weighted by molar-refractivity contribution is -0.185. The van der Waals surface area contributed by atoms with Gasteiger partial charge in [-0.25, -0.2) is 4.39 Å². The van der Waals surface area contributed by atoms with E-state index in [0.29, 0.717) is 4.90 Å². The van der Waals surface area contributed by atoms with Crippen molar-refractivity contribution in [3.05, 3.63) is 42.0 Å². The number of carbonyl (C=O) groups is 2. The SMILES string of the molecule is CC(C(=O)c1ccn2ccc(F)cc12)N(C)C(=O)C(F)(F)F. The number of hydrogen-bond donors (Lipinski definition) is 0. The Hall–Kier alpha value is -2.38. The molecule has 2 heterocycles. The molecule has 2 rings (SSSR count). The van der Waals surface area contributed by atoms with Crippen LogP contribution in [-0.2, 0) is 4.79 Å². The summed E-state index contributed by atoms with van der Waals surface area (Å²) in [5.41, 5.74) is 0.276. The van der Waals surface area contributed by atoms with Gasteiger partial charge in [-0.05, 0) is 25.1 Å². The van der Waals surface area contributed by atoms with E-state index >= 15 is 0 Å². The standard InChI is InChI=1S/C14H12F4N2O2/c1-8(19(2)13(22)14(16,17)18)12(21)10-4-6-20-5-3-9(15)7-11(10)20/h3-8H,1-2H3. The topological polar surface area (TPSA) is 41.8 Å². The van der Waals surface area contributed by atoms with Gasteiger partial charge in [-0.15, -0.1) is 0 Å². The zero-order valence-electron chi connectivity index (χ0n) is 11.7. The highest BCUT2D eigenvalue weighted by atomic mass is 19.4. The monoisotopic (exact) mass is 316 g/mol. The third kappa shape index (κ3) is 2.81. The van der Waals surface area contributed by atoms with Crippen LogP contribution < -0.4 is 0 Å². The lowest BCUT2D eigenvalue weighted by atomic mass is 10.1. The Kier molecular flexibility index (Phi) is 3.95. The van der Waals surface area contributed by atoms with Gasteiger partial charge >= 0.3 is 12.1 Å². The fraction of sp³-hybridized carbons (Fsp3) is 0.286. The summed E-state index contributed by atoms with van der Waals surface area (Å²) < 4.78 is 52.0. The molecule has 0 spiro atoms. The van der Waals surface area contributed by atoms with E-state index in [-0.39, 0.29) is 11.1 Å². The molecule has 1 amide bonds. The van der Waals surface area contributed by atoms with Gasteiger partial charge in [0.15, 0.2) is 5.78 Å². The van der Waals surface area contributed by atoms with E-state index in [1.165, 1.54) is 35.9 Å². The first-order valence-electron chi connectivity index (χ1n) is 6.27. The van der Waals surface area contributed by atoms with Crippen molar-refractivity contribution in [2.24, 2.45) is 0 Å². The first-order valence-corrected chi connectivity index (χ1v) is 6.27. The highest BCUT2D eigenvalue weighted by Gasteiger charge is 2.43. The molecule has 0 aliphatic carbocycles. The second-order valence-corrected chi connectivity index (χ2v) is 4.82. The van der Waals surface area contributed by atoms with Gasteiger partial charge in [-0.2, -0.15) is 13.2 Å². The number of likely N-dealkylation sites (N-methyl/N-ethyl adjacent to an activating group) is 1. The number of pyridine rings is 1. The Morgan fingerprint density at radius 2 is 1.82 bits per heavy atom. The molecule has 22 heavy (non-hydrogen) atoms. The predicted molar refractivity (Wildman–Crippen MR) is 70.0 cm³/mol. The molecular weight excluding hydrogens is 304 g/mol. The largest absolute Gasteiger partial charge is 0.471 e. The van der Waals surface area contributed by atoms with Gasteiger partial charge in [0, 0.05) is 25.0 Å². The molecule has 4 nitrogen and oxygen atoms in total. The Morgan fingerprint density at radius 3 is 2.41 bits per heavy atom. The minimum absolute atomic E-state index is 0.0498. The number of rotatable bonds is 3. The molecule has 0 bridgehead atoms. The second-order valence-electron chi connectivity index (χ2n) is 4.82. The number of hydrogen-bond acceptors (Lipinski definition) is 2. The summed E-state index contributed by atoms with van der Waals surface area (Å²) >= 11 is 0. The maximum Gasteiger partial charge on any atom is 0.471 e. The highest BCUT2D eigenvalue weighted by Crippen LogP contribution is 2.22. The molecule has 0 N–H and O–H groups in total. The molecule has 0 saturated carbocycles. The van der Waals surface area contributed by atoms with Crippen LogP contribution in [0.25, 0.3) is 5.52 Å². The molecule has 1 atom stereocenters. The number of Topliss-reactive ketones (excluding diaryl/α,β-unsaturated/α-hetero) is 1. The summed E-state index contributed by atoms with van der Waals surface area (Å²) in [7, 11) is 0.900. The Labute approximate surface area is 122 Å². The molecule has 0 saturated heterocycles. The Morgan fingerprint density at radius 1 is 1.23 bits per heavy atom. The number of ketones is 1. The van der Waals surface area contributed by atoms with Crippen LogP contribution in [0.5, 0.6) is 0 Å². The van der Waals surface area contributed by atoms with E-state index < -0.39 is 29.7 Å². The average molecular weight is 316 g/mol. The minimum atomic E-state index is -5.06. The van der Waals surface area contributed by atoms with Crippen LogP contribution in [0.3, 0.4) is 0 Å². The van der Waals surface area contributed by atoms with E-state index in [0.717, 1.165) is 13.1 Å². The first kappa shape index (κ1) is 16.0. The summed E-state index contributed by atoms with van der Waals surface area (Å²) in [5, 5.41) is 0. The van der Waals surface area contributed by atoms with Crippen molar-refractivity contribution in [3.8, 4) is 0 Å². The Bertz CT molecular complexity index is 736. The molecule has 0 aromatic carbocycles. The first-order chi connectivity index (χ1) is 10.1. The van der Waals surface area contributed by atoms with Crippen molar-refractivity contribution in [2.75, 3.05) is 7.05 Å². The molecule has 1 unspecified atom stereocenters. The number of fused-ring (bicyclic) bond motifs is 1. The van der Waals surface area contributed by atoms with Crippen LogP contribution >= 0.6 is 0 Å². The van der Waals surface area contributed by atoms with E-state index in [9.17, 15) is 27.2 Å². The molecule has 8 heteroatoms. The quantitative estimate of drug-likeness (QED) is 0.645. The van der Waals surface area contributed by atoms with Gasteiger partial charge in [0.2, 0.25) is 0 Å². The summed E-state index contributed by atoms with van der Waals surface area (Å²) in [6.07, 6.45) is -2.19. The van der Waals surface area contributed by atoms with Gasteiger partial charge < -0.3 is 9.30 Å². The number of carbonyl (C=O) groups excluding carboxylic acids is 2. The van der Waals surface area contributed by atoms with Gasteiger partial charge in [-0.3, -0.25) is 9.59 Å². The molecule has 2 aromatic rings. The highest BCUT2D eigenvalue weighted by molar-refractivity contribution is 6.07. The number of aromatic nitrogens is 1. The lowest BCUT2D eigenvalue weighted by Crippen LogP contribution is -2.46. The average Bonchev–Trinajstić information content (AvgIpc) is 2.86. The third-order valence-corrected chi connectivity index (χ3v) is 3.41. The summed E-state index contributed by atoms with van der Waals surface area (Å²) in [4.78, 5) is 23.8. The van der Waals surface area contributed by atoms with Gasteiger partial charge in [0.25, 0.3) is 0 Å². The maximum absolute atomic E-state index is 13.3. The third-order valence-electron chi connectivity index (χ3n) is 3.41. The summed E-state index contributed by atoms with van der Waals surface area (Å²) in [5.74, 6) is -3.39. The zero-order valence-corrected chi connectivity index (χ0v) is 11.7. The fourth-order valence-electron chi connectivity index (χ4n) is 2.06. The van der Waals surface area contributed by atoms with E-state index in [4.69, 9.17) is 0 Å². The molecular formula is C14H12F4N2O2. The second kappa shape index (κ2) is 5.43. The summed E-state index contributed by atoms with van der Waals surface area (Å²) in [6, 6.07) is 2.33. The van der Waals surface area contributed by atoms with Crippen molar-refractivity contribution in [1.82, 2.24) is 9.30 Å². The van der Waals surface area contributed by atoms with Crippen LogP contribution in [0.15, 0.2) is 30.6 Å². The minimum Gasteiger partial charge on any atom is -0.328 e. The van der Waals surface area contributed by atoms with Gasteiger partial charge in [0.1, 0.15) is 5.82 Å². The van der Waals surface area contributed by atoms with Crippen LogP contribution in [0.2, 0.25) is 0 Å². The van der Waals surface area contributed by atoms with Crippen LogP contribution in [0.1, 0.15) is 17.3 Å². The van der Waals surface area contributed by atoms with Crippen LogP contribution in [-0.4, -0.2) is 40.3 Å². The molecule has 0 aliphatic rings. The number of amides is 1. The van der Waals surface area contributed by atoms with E-state index in [1.54, 1.807) is 0 Å². The number of nitrogens with zero attached hydrogens (tertiary/aromatic N) is 2. The van der Waals surface area contributed by atoms with Crippen LogP contribution in [0, 0.1) is 5.82 Å². The van der Waals surface area contributed by atoms with Crippen molar-refractivity contribution >= 4 is 17.2 Å². The molecule has 2 aromatic heterocycles. The predicted octanol–water partition coefficient (Wildman–Crippen LogP) is 2.67. The van der Waals surface area contributed by atoms with Crippen molar-refractivity contribution < 1.29 is 27.2 Å². The fourth-order valence-corrected chi connectivity index (χ4v) is 2.06. The van der Waals surface area contributed by atoms with Gasteiger partial charge in [0.05, 0.1) is 11.6 Å². The van der Waals surface area contributed by atoms with E-state index in [1.807, 2.05) is 0 Å². The normalized spacial score (nSPS) is 13.2. The molecule has 0 radical (unpaired) electrons. The van der Waals surface area contributed by atoms with E-state index in [2.05, 4.69) is 0 Å². The lowest BCUT2D eigenvalue weighted by Gasteiger charge is -2.24. The summed E-state index contributed by atoms with van der Waals surface area (Å²) in [6.45, 7) is 1.19. The molecule has 118 valence electrons. The smallest absolute Gasteiger partial charge is 0.328 e. The maximum atomic E-state index is 13.3.